The Labute approximate surface area is 291 Å². The first kappa shape index (κ1) is 28.5. The molecule has 0 heteroatoms. The highest BCUT2D eigenvalue weighted by molar-refractivity contribution is 6.22. The maximum absolute atomic E-state index is 2.41. The van der Waals surface area contributed by atoms with Gasteiger partial charge in [-0.3, -0.25) is 0 Å². The lowest BCUT2D eigenvalue weighted by molar-refractivity contribution is 1.62. The summed E-state index contributed by atoms with van der Waals surface area (Å²) < 4.78 is 0. The summed E-state index contributed by atoms with van der Waals surface area (Å²) in [7, 11) is 0. The van der Waals surface area contributed by atoms with Gasteiger partial charge in [0.15, 0.2) is 0 Å². The van der Waals surface area contributed by atoms with Gasteiger partial charge in [0.25, 0.3) is 0 Å². The molecule has 0 amide bonds. The number of fused-ring (bicyclic) bond motifs is 6. The standard InChI is InChI=1S/C50H32/c1-2-13-33(14-3-1)36-27-28-46-48(31-36)50(45-24-11-10-23-44(45)49(46)40-26-25-34-15-4-5-16-35(34)29-40)39-19-12-18-37(30-39)47-32-38-17-6-7-20-41(38)42-21-8-9-22-43(42)47/h1-32H. The first-order chi connectivity index (χ1) is 24.8. The van der Waals surface area contributed by atoms with Crippen molar-refractivity contribution in [1.82, 2.24) is 0 Å². The van der Waals surface area contributed by atoms with Gasteiger partial charge in [0.1, 0.15) is 0 Å². The van der Waals surface area contributed by atoms with Crippen LogP contribution < -0.4 is 0 Å². The fourth-order valence-electron chi connectivity index (χ4n) is 8.09. The summed E-state index contributed by atoms with van der Waals surface area (Å²) in [4.78, 5) is 0. The lowest BCUT2D eigenvalue weighted by atomic mass is 9.84. The summed E-state index contributed by atoms with van der Waals surface area (Å²) in [5.74, 6) is 0. The third-order valence-corrected chi connectivity index (χ3v) is 10.4. The molecule has 0 aliphatic heterocycles. The molecular formula is C50H32. The van der Waals surface area contributed by atoms with E-state index in [1.807, 2.05) is 0 Å². The summed E-state index contributed by atoms with van der Waals surface area (Å²) in [6.45, 7) is 0. The molecule has 0 spiro atoms. The minimum Gasteiger partial charge on any atom is -0.0622 e. The topological polar surface area (TPSA) is 0 Å². The van der Waals surface area contributed by atoms with E-state index in [1.54, 1.807) is 0 Å². The molecule has 232 valence electrons. The van der Waals surface area contributed by atoms with Gasteiger partial charge in [-0.15, -0.1) is 0 Å². The van der Waals surface area contributed by atoms with Gasteiger partial charge < -0.3 is 0 Å². The average Bonchev–Trinajstić information content (AvgIpc) is 3.19. The predicted molar refractivity (Wildman–Crippen MR) is 216 cm³/mol. The van der Waals surface area contributed by atoms with Gasteiger partial charge in [-0.2, -0.15) is 0 Å². The Kier molecular flexibility index (Phi) is 6.60. The third-order valence-electron chi connectivity index (χ3n) is 10.4. The number of benzene rings is 10. The molecule has 0 saturated carbocycles. The van der Waals surface area contributed by atoms with E-state index < -0.39 is 0 Å². The summed E-state index contributed by atoms with van der Waals surface area (Å²) >= 11 is 0. The van der Waals surface area contributed by atoms with Crippen molar-refractivity contribution >= 4 is 53.9 Å². The molecule has 0 aliphatic rings. The maximum atomic E-state index is 2.41. The van der Waals surface area contributed by atoms with Crippen LogP contribution in [0.5, 0.6) is 0 Å². The molecule has 0 heterocycles. The molecule has 0 saturated heterocycles. The molecule has 0 aliphatic carbocycles. The zero-order valence-electron chi connectivity index (χ0n) is 27.5. The zero-order chi connectivity index (χ0) is 33.0. The van der Waals surface area contributed by atoms with Crippen molar-refractivity contribution < 1.29 is 0 Å². The Bertz CT molecular complexity index is 2910. The van der Waals surface area contributed by atoms with Crippen LogP contribution in [-0.4, -0.2) is 0 Å². The second-order valence-electron chi connectivity index (χ2n) is 13.3. The molecule has 10 aromatic carbocycles. The quantitative estimate of drug-likeness (QED) is 0.134. The Morgan fingerprint density at radius 2 is 0.740 bits per heavy atom. The molecule has 0 fully saturated rings. The van der Waals surface area contributed by atoms with Crippen molar-refractivity contribution in [2.75, 3.05) is 0 Å². The summed E-state index contributed by atoms with van der Waals surface area (Å²) in [6.07, 6.45) is 0. The Morgan fingerprint density at radius 1 is 0.200 bits per heavy atom. The van der Waals surface area contributed by atoms with Crippen molar-refractivity contribution in [1.29, 1.82) is 0 Å². The highest BCUT2D eigenvalue weighted by atomic mass is 14.2. The van der Waals surface area contributed by atoms with Gasteiger partial charge in [0.05, 0.1) is 0 Å². The third kappa shape index (κ3) is 4.61. The van der Waals surface area contributed by atoms with Crippen LogP contribution in [0, 0.1) is 0 Å². The Morgan fingerprint density at radius 3 is 1.54 bits per heavy atom. The normalized spacial score (nSPS) is 11.6. The van der Waals surface area contributed by atoms with E-state index in [2.05, 4.69) is 194 Å². The van der Waals surface area contributed by atoms with E-state index in [0.717, 1.165) is 0 Å². The fraction of sp³-hybridized carbons (Fsp3) is 0. The average molecular weight is 633 g/mol. The highest BCUT2D eigenvalue weighted by Gasteiger charge is 2.19. The van der Waals surface area contributed by atoms with Crippen molar-refractivity contribution in [3.63, 3.8) is 0 Å². The highest BCUT2D eigenvalue weighted by Crippen LogP contribution is 2.46. The van der Waals surface area contributed by atoms with Crippen molar-refractivity contribution in [3.8, 4) is 44.5 Å². The SMILES string of the molecule is c1ccc(-c2ccc3c(-c4ccc5ccccc5c4)c4ccccc4c(-c4cccc(-c5cc6ccccc6c6ccccc56)c4)c3c2)cc1. The van der Waals surface area contributed by atoms with E-state index in [0.29, 0.717) is 0 Å². The molecule has 0 N–H and O–H groups in total. The summed E-state index contributed by atoms with van der Waals surface area (Å²) in [5, 5.41) is 12.7. The van der Waals surface area contributed by atoms with Gasteiger partial charge in [-0.1, -0.05) is 170 Å². The Hall–Kier alpha value is -6.50. The number of hydrogen-bond donors (Lipinski definition) is 0. The maximum Gasteiger partial charge on any atom is -0.00259 e. The molecule has 0 unspecified atom stereocenters. The summed E-state index contributed by atoms with van der Waals surface area (Å²) in [6, 6.07) is 71.4. The van der Waals surface area contributed by atoms with Crippen LogP contribution in [0.4, 0.5) is 0 Å². The van der Waals surface area contributed by atoms with Crippen LogP contribution in [0.2, 0.25) is 0 Å². The second kappa shape index (κ2) is 11.6. The molecule has 0 radical (unpaired) electrons. The molecule has 50 heavy (non-hydrogen) atoms. The lowest BCUT2D eigenvalue weighted by Gasteiger charge is -2.20. The van der Waals surface area contributed by atoms with Crippen LogP contribution >= 0.6 is 0 Å². The number of rotatable bonds is 4. The monoisotopic (exact) mass is 632 g/mol. The lowest BCUT2D eigenvalue weighted by Crippen LogP contribution is -1.92. The van der Waals surface area contributed by atoms with Crippen LogP contribution in [0.3, 0.4) is 0 Å². The van der Waals surface area contributed by atoms with E-state index in [1.165, 1.54) is 98.4 Å². The first-order valence-corrected chi connectivity index (χ1v) is 17.3. The molecule has 0 bridgehead atoms. The van der Waals surface area contributed by atoms with Crippen molar-refractivity contribution in [2.45, 2.75) is 0 Å². The van der Waals surface area contributed by atoms with Gasteiger partial charge in [-0.05, 0) is 123 Å². The van der Waals surface area contributed by atoms with E-state index in [4.69, 9.17) is 0 Å². The molecule has 10 rings (SSSR count). The minimum absolute atomic E-state index is 1.22. The van der Waals surface area contributed by atoms with Crippen LogP contribution in [0.15, 0.2) is 194 Å². The van der Waals surface area contributed by atoms with Crippen molar-refractivity contribution in [2.24, 2.45) is 0 Å². The second-order valence-corrected chi connectivity index (χ2v) is 13.3. The van der Waals surface area contributed by atoms with E-state index in [-0.39, 0.29) is 0 Å². The van der Waals surface area contributed by atoms with E-state index >= 15 is 0 Å². The molecule has 0 aromatic heterocycles. The van der Waals surface area contributed by atoms with Crippen LogP contribution in [-0.2, 0) is 0 Å². The first-order valence-electron chi connectivity index (χ1n) is 17.3. The van der Waals surface area contributed by atoms with Gasteiger partial charge >= 0.3 is 0 Å². The summed E-state index contributed by atoms with van der Waals surface area (Å²) in [5.41, 5.74) is 9.92. The molecule has 0 atom stereocenters. The minimum atomic E-state index is 1.22. The molecule has 0 nitrogen and oxygen atoms in total. The van der Waals surface area contributed by atoms with Crippen LogP contribution in [0.1, 0.15) is 0 Å². The molecular weight excluding hydrogens is 601 g/mol. The predicted octanol–water partition coefficient (Wildman–Crippen LogP) is 14.1. The fourth-order valence-corrected chi connectivity index (χ4v) is 8.09. The van der Waals surface area contributed by atoms with Gasteiger partial charge in [0.2, 0.25) is 0 Å². The smallest absolute Gasteiger partial charge is 0.00259 e. The van der Waals surface area contributed by atoms with Crippen molar-refractivity contribution in [3.05, 3.63) is 194 Å². The van der Waals surface area contributed by atoms with E-state index in [9.17, 15) is 0 Å². The zero-order valence-corrected chi connectivity index (χ0v) is 27.5. The van der Waals surface area contributed by atoms with Gasteiger partial charge in [0, 0.05) is 0 Å². The Balaban J connectivity index is 1.28. The molecule has 10 aromatic rings. The van der Waals surface area contributed by atoms with Gasteiger partial charge in [-0.25, -0.2) is 0 Å². The number of hydrogen-bond acceptors (Lipinski definition) is 0. The largest absolute Gasteiger partial charge is 0.0622 e. The van der Waals surface area contributed by atoms with Crippen LogP contribution in [0.25, 0.3) is 98.4 Å².